The van der Waals surface area contributed by atoms with Gasteiger partial charge in [-0.2, -0.15) is 0 Å². The zero-order chi connectivity index (χ0) is 19.7. The lowest BCUT2D eigenvalue weighted by Gasteiger charge is -2.15. The van der Waals surface area contributed by atoms with E-state index in [1.807, 2.05) is 18.2 Å². The minimum absolute atomic E-state index is 0.125. The monoisotopic (exact) mass is 399 g/mol. The van der Waals surface area contributed by atoms with Crippen LogP contribution in [0.1, 0.15) is 33.5 Å². The molecular weight excluding hydrogens is 385 g/mol. The zero-order valence-corrected chi connectivity index (χ0v) is 16.2. The Morgan fingerprint density at radius 3 is 2.41 bits per heavy atom. The molecule has 1 heterocycles. The molecule has 0 N–H and O–H groups in total. The Kier molecular flexibility index (Phi) is 3.48. The third-order valence-corrected chi connectivity index (χ3v) is 6.38. The lowest BCUT2D eigenvalue weighted by Crippen LogP contribution is -2.03. The number of nitrogens with zero attached hydrogens (tertiary/aromatic N) is 1. The molecule has 0 atom stereocenters. The molecule has 0 unspecified atom stereocenters. The molecule has 29 heavy (non-hydrogen) atoms. The van der Waals surface area contributed by atoms with E-state index in [1.165, 1.54) is 17.2 Å². The summed E-state index contributed by atoms with van der Waals surface area (Å²) < 4.78 is 15.0. The van der Waals surface area contributed by atoms with Crippen LogP contribution < -0.4 is 0 Å². The number of carbonyl (C=O) groups is 1. The van der Waals surface area contributed by atoms with Crippen molar-refractivity contribution in [2.45, 2.75) is 19.3 Å². The van der Waals surface area contributed by atoms with Crippen molar-refractivity contribution >= 4 is 28.3 Å². The number of pyridine rings is 1. The van der Waals surface area contributed by atoms with Crippen LogP contribution in [0.15, 0.2) is 54.6 Å². The molecule has 2 aliphatic carbocycles. The van der Waals surface area contributed by atoms with Gasteiger partial charge in [-0.1, -0.05) is 41.9 Å². The van der Waals surface area contributed by atoms with Gasteiger partial charge in [-0.25, -0.2) is 9.37 Å². The summed E-state index contributed by atoms with van der Waals surface area (Å²) in [5, 5.41) is 1.08. The summed E-state index contributed by atoms with van der Waals surface area (Å²) in [4.78, 5) is 18.3. The zero-order valence-electron chi connectivity index (χ0n) is 15.4. The van der Waals surface area contributed by atoms with Crippen molar-refractivity contribution in [3.8, 4) is 22.4 Å². The van der Waals surface area contributed by atoms with Crippen LogP contribution in [0.2, 0.25) is 5.02 Å². The molecule has 0 saturated heterocycles. The summed E-state index contributed by atoms with van der Waals surface area (Å²) in [6, 6.07) is 16.3. The first-order chi connectivity index (χ1) is 14.1. The summed E-state index contributed by atoms with van der Waals surface area (Å²) >= 11 is 6.47. The minimum atomic E-state index is -0.434. The second-order valence-corrected chi connectivity index (χ2v) is 8.08. The Balaban J connectivity index is 1.82. The minimum Gasteiger partial charge on any atom is -0.288 e. The highest BCUT2D eigenvalue weighted by Crippen LogP contribution is 2.46. The molecule has 0 aliphatic heterocycles. The highest BCUT2D eigenvalue weighted by Gasteiger charge is 2.34. The maximum absolute atomic E-state index is 15.0. The molecule has 1 aromatic heterocycles. The average Bonchev–Trinajstić information content (AvgIpc) is 3.28. The van der Waals surface area contributed by atoms with Gasteiger partial charge in [0.15, 0.2) is 5.78 Å². The van der Waals surface area contributed by atoms with E-state index in [9.17, 15) is 4.79 Å². The van der Waals surface area contributed by atoms with Gasteiger partial charge in [-0.05, 0) is 54.7 Å². The summed E-state index contributed by atoms with van der Waals surface area (Å²) in [6.45, 7) is 0. The summed E-state index contributed by atoms with van der Waals surface area (Å²) in [7, 11) is 0. The van der Waals surface area contributed by atoms with Crippen molar-refractivity contribution < 1.29 is 9.18 Å². The van der Waals surface area contributed by atoms with Crippen LogP contribution in [0.4, 0.5) is 4.39 Å². The van der Waals surface area contributed by atoms with Crippen molar-refractivity contribution in [1.82, 2.24) is 4.98 Å². The SMILES string of the molecule is O=C1c2ccccc2-c2nc3cc4c(cc3c(-c3c(F)cccc3Cl)c21)CCC4. The first-order valence-electron chi connectivity index (χ1n) is 9.71. The fraction of sp³-hybridized carbons (Fsp3) is 0.120. The molecule has 4 heteroatoms. The maximum Gasteiger partial charge on any atom is 0.196 e. The van der Waals surface area contributed by atoms with Crippen LogP contribution >= 0.6 is 11.6 Å². The number of fused-ring (bicyclic) bond motifs is 5. The van der Waals surface area contributed by atoms with Gasteiger partial charge in [0.05, 0.1) is 21.8 Å². The second kappa shape index (κ2) is 5.98. The van der Waals surface area contributed by atoms with E-state index in [-0.39, 0.29) is 11.3 Å². The normalized spacial score (nSPS) is 14.2. The average molecular weight is 400 g/mol. The Morgan fingerprint density at radius 1 is 0.862 bits per heavy atom. The quantitative estimate of drug-likeness (QED) is 0.326. The number of rotatable bonds is 1. The van der Waals surface area contributed by atoms with E-state index in [1.54, 1.807) is 18.2 Å². The van der Waals surface area contributed by atoms with Gasteiger partial charge in [0.2, 0.25) is 0 Å². The van der Waals surface area contributed by atoms with Crippen LogP contribution in [0.5, 0.6) is 0 Å². The number of hydrogen-bond donors (Lipinski definition) is 0. The molecule has 140 valence electrons. The molecule has 0 amide bonds. The Morgan fingerprint density at radius 2 is 1.62 bits per heavy atom. The molecule has 0 radical (unpaired) electrons. The van der Waals surface area contributed by atoms with E-state index in [0.29, 0.717) is 27.4 Å². The van der Waals surface area contributed by atoms with Crippen LogP contribution in [-0.4, -0.2) is 10.8 Å². The fourth-order valence-electron chi connectivity index (χ4n) is 4.77. The van der Waals surface area contributed by atoms with Gasteiger partial charge in [-0.15, -0.1) is 0 Å². The molecule has 2 nitrogen and oxygen atoms in total. The van der Waals surface area contributed by atoms with Crippen molar-refractivity contribution in [1.29, 1.82) is 0 Å². The maximum atomic E-state index is 15.0. The molecule has 6 rings (SSSR count). The highest BCUT2D eigenvalue weighted by molar-refractivity contribution is 6.35. The van der Waals surface area contributed by atoms with Crippen LogP contribution in [0, 0.1) is 5.82 Å². The second-order valence-electron chi connectivity index (χ2n) is 7.67. The molecule has 2 aliphatic rings. The smallest absolute Gasteiger partial charge is 0.196 e. The highest BCUT2D eigenvalue weighted by atomic mass is 35.5. The topological polar surface area (TPSA) is 30.0 Å². The molecular formula is C25H15ClFNO. The van der Waals surface area contributed by atoms with Crippen LogP contribution in [-0.2, 0) is 12.8 Å². The molecule has 4 aromatic rings. The third kappa shape index (κ3) is 2.28. The van der Waals surface area contributed by atoms with E-state index in [4.69, 9.17) is 16.6 Å². The fourth-order valence-corrected chi connectivity index (χ4v) is 5.03. The summed E-state index contributed by atoms with van der Waals surface area (Å²) in [5.41, 5.74) is 6.61. The van der Waals surface area contributed by atoms with Gasteiger partial charge in [0, 0.05) is 27.6 Å². The summed E-state index contributed by atoms with van der Waals surface area (Å²) in [5.74, 6) is -0.559. The van der Waals surface area contributed by atoms with Crippen molar-refractivity contribution in [2.24, 2.45) is 0 Å². The van der Waals surface area contributed by atoms with Gasteiger partial charge in [0.1, 0.15) is 5.82 Å². The Bertz CT molecular complexity index is 1360. The summed E-state index contributed by atoms with van der Waals surface area (Å²) in [6.07, 6.45) is 3.11. The molecule has 0 fully saturated rings. The lowest BCUT2D eigenvalue weighted by molar-refractivity contribution is 0.104. The van der Waals surface area contributed by atoms with E-state index < -0.39 is 5.82 Å². The predicted molar refractivity (Wildman–Crippen MR) is 113 cm³/mol. The first kappa shape index (κ1) is 16.9. The number of ketones is 1. The number of aryl methyl sites for hydroxylation is 2. The number of carbonyl (C=O) groups excluding carboxylic acids is 1. The van der Waals surface area contributed by atoms with Gasteiger partial charge < -0.3 is 0 Å². The van der Waals surface area contributed by atoms with Gasteiger partial charge in [-0.3, -0.25) is 4.79 Å². The van der Waals surface area contributed by atoms with Crippen LogP contribution in [0.25, 0.3) is 33.3 Å². The number of benzene rings is 3. The van der Waals surface area contributed by atoms with E-state index in [2.05, 4.69) is 12.1 Å². The number of halogens is 2. The number of aromatic nitrogens is 1. The van der Waals surface area contributed by atoms with Gasteiger partial charge in [0.25, 0.3) is 0 Å². The molecule has 0 bridgehead atoms. The van der Waals surface area contributed by atoms with Gasteiger partial charge >= 0.3 is 0 Å². The Hall–Kier alpha value is -3.04. The molecule has 3 aromatic carbocycles. The Labute approximate surface area is 172 Å². The molecule has 0 saturated carbocycles. The molecule has 0 spiro atoms. The van der Waals surface area contributed by atoms with Crippen molar-refractivity contribution in [3.05, 3.63) is 87.7 Å². The standard InChI is InChI=1S/C25H15ClFNO/c26-18-9-4-10-19(27)22(18)21-17-11-13-5-3-6-14(13)12-20(17)28-24-15-7-1-2-8-16(15)25(29)23(21)24/h1-2,4,7-12H,3,5-6H2. The van der Waals surface area contributed by atoms with Crippen molar-refractivity contribution in [2.75, 3.05) is 0 Å². The lowest BCUT2D eigenvalue weighted by atomic mass is 9.91. The van der Waals surface area contributed by atoms with Crippen molar-refractivity contribution in [3.63, 3.8) is 0 Å². The van der Waals surface area contributed by atoms with Crippen LogP contribution in [0.3, 0.4) is 0 Å². The first-order valence-corrected chi connectivity index (χ1v) is 10.1. The largest absolute Gasteiger partial charge is 0.288 e. The van der Waals surface area contributed by atoms with E-state index in [0.717, 1.165) is 35.7 Å². The predicted octanol–water partition coefficient (Wildman–Crippen LogP) is 6.39. The third-order valence-electron chi connectivity index (χ3n) is 6.07. The van der Waals surface area contributed by atoms with E-state index >= 15 is 4.39 Å². The number of hydrogen-bond acceptors (Lipinski definition) is 2.